The molecular weight excluding hydrogens is 245 g/mol. The maximum atomic E-state index is 6.07. The summed E-state index contributed by atoms with van der Waals surface area (Å²) >= 11 is 5.94. The van der Waals surface area contributed by atoms with E-state index in [9.17, 15) is 0 Å². The van der Waals surface area contributed by atoms with Crippen LogP contribution in [-0.4, -0.2) is 7.11 Å². The molecule has 1 aromatic rings. The Labute approximate surface area is 109 Å². The maximum Gasteiger partial charge on any atom is 0.137 e. The van der Waals surface area contributed by atoms with Gasteiger partial charge in [0.25, 0.3) is 0 Å². The lowest BCUT2D eigenvalue weighted by Crippen LogP contribution is -2.12. The van der Waals surface area contributed by atoms with E-state index >= 15 is 0 Å². The Morgan fingerprint density at radius 1 is 1.38 bits per heavy atom. The van der Waals surface area contributed by atoms with E-state index in [4.69, 9.17) is 22.1 Å². The normalized spacial score (nSPS) is 12.1. The first-order valence-corrected chi connectivity index (χ1v) is 5.51. The molecule has 0 heterocycles. The first-order chi connectivity index (χ1) is 7.04. The zero-order chi connectivity index (χ0) is 11.4. The molecule has 92 valence electrons. The summed E-state index contributed by atoms with van der Waals surface area (Å²) in [4.78, 5) is 0. The van der Waals surface area contributed by atoms with E-state index in [1.54, 1.807) is 7.11 Å². The summed E-state index contributed by atoms with van der Waals surface area (Å²) in [6.07, 6.45) is 0.963. The molecule has 0 spiro atoms. The molecule has 0 saturated heterocycles. The topological polar surface area (TPSA) is 35.2 Å². The molecule has 1 rings (SSSR count). The number of ether oxygens (including phenoxy) is 1. The number of benzene rings is 1. The molecule has 0 aromatic heterocycles. The van der Waals surface area contributed by atoms with Gasteiger partial charge >= 0.3 is 0 Å². The molecule has 0 unspecified atom stereocenters. The van der Waals surface area contributed by atoms with Crippen molar-refractivity contribution in [1.29, 1.82) is 0 Å². The third-order valence-electron chi connectivity index (χ3n) is 2.33. The summed E-state index contributed by atoms with van der Waals surface area (Å²) in [6, 6.07) is 5.75. The van der Waals surface area contributed by atoms with Gasteiger partial charge in [0.15, 0.2) is 0 Å². The minimum Gasteiger partial charge on any atom is -0.495 e. The van der Waals surface area contributed by atoms with Crippen LogP contribution in [0, 0.1) is 5.92 Å². The standard InChI is InChI=1S/C12H18ClNO.ClH/c1-8(2)6-11(14)9-4-5-10(13)12(7-9)15-3;/h4-5,7-8,11H,6,14H2,1-3H3;1H/t11-;/m1./s1. The van der Waals surface area contributed by atoms with Gasteiger partial charge in [0, 0.05) is 6.04 Å². The predicted molar refractivity (Wildman–Crippen MR) is 71.6 cm³/mol. The summed E-state index contributed by atoms with van der Waals surface area (Å²) in [5.74, 6) is 1.27. The molecule has 0 aliphatic heterocycles. The molecule has 0 aliphatic rings. The Morgan fingerprint density at radius 2 is 2.00 bits per heavy atom. The summed E-state index contributed by atoms with van der Waals surface area (Å²) < 4.78 is 5.15. The van der Waals surface area contributed by atoms with Crippen LogP contribution in [0.3, 0.4) is 0 Å². The van der Waals surface area contributed by atoms with Gasteiger partial charge in [-0.15, -0.1) is 12.4 Å². The third-order valence-corrected chi connectivity index (χ3v) is 2.64. The Hall–Kier alpha value is -0.440. The lowest BCUT2D eigenvalue weighted by Gasteiger charge is -2.15. The number of hydrogen-bond acceptors (Lipinski definition) is 2. The quantitative estimate of drug-likeness (QED) is 0.897. The van der Waals surface area contributed by atoms with Gasteiger partial charge in [0.2, 0.25) is 0 Å². The average molecular weight is 264 g/mol. The van der Waals surface area contributed by atoms with Crippen LogP contribution in [0.1, 0.15) is 31.9 Å². The van der Waals surface area contributed by atoms with Crippen molar-refractivity contribution in [3.05, 3.63) is 28.8 Å². The molecule has 0 radical (unpaired) electrons. The number of halogens is 2. The second-order valence-electron chi connectivity index (χ2n) is 4.13. The van der Waals surface area contributed by atoms with Gasteiger partial charge in [-0.3, -0.25) is 0 Å². The Kier molecular flexibility index (Phi) is 6.81. The van der Waals surface area contributed by atoms with Crippen LogP contribution in [0.5, 0.6) is 5.75 Å². The predicted octanol–water partition coefficient (Wildman–Crippen LogP) is 3.82. The highest BCUT2D eigenvalue weighted by molar-refractivity contribution is 6.32. The van der Waals surface area contributed by atoms with Gasteiger partial charge in [0.1, 0.15) is 5.75 Å². The zero-order valence-corrected chi connectivity index (χ0v) is 11.4. The van der Waals surface area contributed by atoms with Crippen molar-refractivity contribution in [3.8, 4) is 5.75 Å². The van der Waals surface area contributed by atoms with Crippen molar-refractivity contribution < 1.29 is 4.74 Å². The molecule has 0 aliphatic carbocycles. The van der Waals surface area contributed by atoms with Crippen molar-refractivity contribution in [3.63, 3.8) is 0 Å². The van der Waals surface area contributed by atoms with Crippen LogP contribution >= 0.6 is 24.0 Å². The molecule has 0 fully saturated rings. The van der Waals surface area contributed by atoms with Gasteiger partial charge < -0.3 is 10.5 Å². The number of nitrogens with two attached hydrogens (primary N) is 1. The van der Waals surface area contributed by atoms with Crippen molar-refractivity contribution in [1.82, 2.24) is 0 Å². The molecule has 1 atom stereocenters. The largest absolute Gasteiger partial charge is 0.495 e. The molecule has 0 bridgehead atoms. The highest BCUT2D eigenvalue weighted by Gasteiger charge is 2.10. The fourth-order valence-corrected chi connectivity index (χ4v) is 1.75. The lowest BCUT2D eigenvalue weighted by molar-refractivity contribution is 0.413. The average Bonchev–Trinajstić information content (AvgIpc) is 2.17. The van der Waals surface area contributed by atoms with E-state index in [2.05, 4.69) is 13.8 Å². The number of methoxy groups -OCH3 is 1. The Morgan fingerprint density at radius 3 is 2.50 bits per heavy atom. The monoisotopic (exact) mass is 263 g/mol. The highest BCUT2D eigenvalue weighted by atomic mass is 35.5. The molecule has 2 N–H and O–H groups in total. The van der Waals surface area contributed by atoms with E-state index in [1.807, 2.05) is 18.2 Å². The fraction of sp³-hybridized carbons (Fsp3) is 0.500. The van der Waals surface area contributed by atoms with Crippen LogP contribution in [-0.2, 0) is 0 Å². The van der Waals surface area contributed by atoms with Crippen molar-refractivity contribution >= 4 is 24.0 Å². The van der Waals surface area contributed by atoms with Gasteiger partial charge in [-0.1, -0.05) is 31.5 Å². The molecule has 16 heavy (non-hydrogen) atoms. The third kappa shape index (κ3) is 4.20. The smallest absolute Gasteiger partial charge is 0.137 e. The van der Waals surface area contributed by atoms with Crippen molar-refractivity contribution in [2.24, 2.45) is 11.7 Å². The maximum absolute atomic E-state index is 6.07. The molecule has 2 nitrogen and oxygen atoms in total. The van der Waals surface area contributed by atoms with Crippen LogP contribution < -0.4 is 10.5 Å². The summed E-state index contributed by atoms with van der Waals surface area (Å²) in [6.45, 7) is 4.32. The van der Waals surface area contributed by atoms with Gasteiger partial charge in [-0.25, -0.2) is 0 Å². The summed E-state index contributed by atoms with van der Waals surface area (Å²) in [5.41, 5.74) is 7.14. The van der Waals surface area contributed by atoms with Crippen LogP contribution in [0.15, 0.2) is 18.2 Å². The minimum absolute atomic E-state index is 0. The van der Waals surface area contributed by atoms with Gasteiger partial charge in [0.05, 0.1) is 12.1 Å². The first kappa shape index (κ1) is 15.6. The zero-order valence-electron chi connectivity index (χ0n) is 9.87. The summed E-state index contributed by atoms with van der Waals surface area (Å²) in [5, 5.41) is 0.623. The highest BCUT2D eigenvalue weighted by Crippen LogP contribution is 2.28. The minimum atomic E-state index is 0. The van der Waals surface area contributed by atoms with E-state index in [0.29, 0.717) is 16.7 Å². The van der Waals surface area contributed by atoms with E-state index in [0.717, 1.165) is 12.0 Å². The molecular formula is C12H19Cl2NO. The van der Waals surface area contributed by atoms with Gasteiger partial charge in [-0.05, 0) is 30.0 Å². The van der Waals surface area contributed by atoms with E-state index < -0.39 is 0 Å². The second-order valence-corrected chi connectivity index (χ2v) is 4.54. The van der Waals surface area contributed by atoms with Crippen LogP contribution in [0.2, 0.25) is 5.02 Å². The second kappa shape index (κ2) is 7.00. The first-order valence-electron chi connectivity index (χ1n) is 5.13. The van der Waals surface area contributed by atoms with Crippen LogP contribution in [0.25, 0.3) is 0 Å². The molecule has 0 amide bonds. The van der Waals surface area contributed by atoms with E-state index in [1.165, 1.54) is 0 Å². The molecule has 0 saturated carbocycles. The van der Waals surface area contributed by atoms with Crippen molar-refractivity contribution in [2.75, 3.05) is 7.11 Å². The van der Waals surface area contributed by atoms with Gasteiger partial charge in [-0.2, -0.15) is 0 Å². The summed E-state index contributed by atoms with van der Waals surface area (Å²) in [7, 11) is 1.61. The Balaban J connectivity index is 0.00000225. The van der Waals surface area contributed by atoms with Crippen LogP contribution in [0.4, 0.5) is 0 Å². The number of rotatable bonds is 4. The Bertz CT molecular complexity index is 329. The number of hydrogen-bond donors (Lipinski definition) is 1. The lowest BCUT2D eigenvalue weighted by atomic mass is 9.98. The van der Waals surface area contributed by atoms with Crippen molar-refractivity contribution in [2.45, 2.75) is 26.3 Å². The SMILES string of the molecule is COc1cc([C@H](N)CC(C)C)ccc1Cl.Cl. The molecule has 4 heteroatoms. The molecule has 1 aromatic carbocycles. The fourth-order valence-electron chi connectivity index (χ4n) is 1.55. The van der Waals surface area contributed by atoms with E-state index in [-0.39, 0.29) is 18.4 Å².